The highest BCUT2D eigenvalue weighted by Crippen LogP contribution is 2.33. The number of hydrogen-bond donors (Lipinski definition) is 1. The Morgan fingerprint density at radius 3 is 2.64 bits per heavy atom. The van der Waals surface area contributed by atoms with Crippen LogP contribution >= 0.6 is 11.6 Å². The van der Waals surface area contributed by atoms with E-state index in [-0.39, 0.29) is 22.9 Å². The molecule has 2 rings (SSSR count). The Morgan fingerprint density at radius 2 is 2.05 bits per heavy atom. The molecule has 2 aromatic heterocycles. The van der Waals surface area contributed by atoms with Gasteiger partial charge in [0.05, 0.1) is 22.9 Å². The van der Waals surface area contributed by atoms with Crippen LogP contribution in [0.25, 0.3) is 11.3 Å². The van der Waals surface area contributed by atoms with Crippen molar-refractivity contribution in [2.75, 3.05) is 12.3 Å². The van der Waals surface area contributed by atoms with E-state index in [0.29, 0.717) is 5.69 Å². The van der Waals surface area contributed by atoms with E-state index in [9.17, 15) is 13.6 Å². The molecule has 0 fully saturated rings. The molecule has 5 nitrogen and oxygen atoms in total. The summed E-state index contributed by atoms with van der Waals surface area (Å²) in [7, 11) is 0. The second-order valence-electron chi connectivity index (χ2n) is 4.36. The van der Waals surface area contributed by atoms with Crippen molar-refractivity contribution >= 4 is 23.3 Å². The van der Waals surface area contributed by atoms with Crippen LogP contribution < -0.4 is 5.73 Å². The average Bonchev–Trinajstić information content (AvgIpc) is 2.46. The normalized spacial score (nSPS) is 10.6. The van der Waals surface area contributed by atoms with Gasteiger partial charge in [-0.15, -0.1) is 0 Å². The van der Waals surface area contributed by atoms with Gasteiger partial charge in [0.15, 0.2) is 11.5 Å². The molecule has 0 radical (unpaired) electrons. The minimum absolute atomic E-state index is 0.0733. The van der Waals surface area contributed by atoms with Crippen LogP contribution in [0.4, 0.5) is 14.5 Å². The lowest BCUT2D eigenvalue weighted by Crippen LogP contribution is -2.12. The molecule has 0 atom stereocenters. The van der Waals surface area contributed by atoms with E-state index in [1.54, 1.807) is 13.8 Å². The van der Waals surface area contributed by atoms with E-state index in [1.165, 1.54) is 12.1 Å². The molecule has 0 aromatic carbocycles. The summed E-state index contributed by atoms with van der Waals surface area (Å²) in [5.41, 5.74) is 4.39. The summed E-state index contributed by atoms with van der Waals surface area (Å²) in [6.45, 7) is 3.24. The van der Waals surface area contributed by atoms with Gasteiger partial charge in [0.25, 0.3) is 0 Å². The lowest BCUT2D eigenvalue weighted by Gasteiger charge is -2.11. The van der Waals surface area contributed by atoms with Crippen molar-refractivity contribution in [3.05, 3.63) is 40.3 Å². The smallest absolute Gasteiger partial charge is 0.358 e. The van der Waals surface area contributed by atoms with Crippen molar-refractivity contribution in [1.82, 2.24) is 9.97 Å². The van der Waals surface area contributed by atoms with E-state index >= 15 is 0 Å². The molecule has 0 spiro atoms. The maximum Gasteiger partial charge on any atom is 0.358 e. The summed E-state index contributed by atoms with van der Waals surface area (Å²) in [6.07, 6.45) is 0. The molecule has 2 N–H and O–H groups in total. The van der Waals surface area contributed by atoms with E-state index < -0.39 is 29.1 Å². The van der Waals surface area contributed by atoms with Crippen molar-refractivity contribution in [1.29, 1.82) is 0 Å². The number of rotatable bonds is 3. The number of aromatic nitrogens is 2. The van der Waals surface area contributed by atoms with E-state index in [2.05, 4.69) is 9.97 Å². The third-order valence-corrected chi connectivity index (χ3v) is 3.21. The Labute approximate surface area is 130 Å². The number of anilines is 1. The maximum atomic E-state index is 14.2. The largest absolute Gasteiger partial charge is 0.461 e. The quantitative estimate of drug-likeness (QED) is 0.692. The maximum absolute atomic E-state index is 14.2. The number of pyridine rings is 2. The topological polar surface area (TPSA) is 78.1 Å². The zero-order chi connectivity index (χ0) is 16.4. The third-order valence-electron chi connectivity index (χ3n) is 2.82. The Morgan fingerprint density at radius 1 is 1.36 bits per heavy atom. The predicted octanol–water partition coefficient (Wildman–Crippen LogP) is 3.14. The molecule has 0 unspecified atom stereocenters. The van der Waals surface area contributed by atoms with Crippen molar-refractivity contribution in [3.63, 3.8) is 0 Å². The number of halogens is 3. The van der Waals surface area contributed by atoms with Gasteiger partial charge >= 0.3 is 5.97 Å². The molecular formula is C14H12ClF2N3O2. The summed E-state index contributed by atoms with van der Waals surface area (Å²) >= 11 is 5.82. The third kappa shape index (κ3) is 2.85. The molecule has 116 valence electrons. The summed E-state index contributed by atoms with van der Waals surface area (Å²) in [5.74, 6) is -2.83. The summed E-state index contributed by atoms with van der Waals surface area (Å²) in [6, 6.07) is 2.78. The lowest BCUT2D eigenvalue weighted by atomic mass is 10.1. The lowest BCUT2D eigenvalue weighted by molar-refractivity contribution is 0.0520. The molecule has 0 aliphatic carbocycles. The SMILES string of the molecule is CCOC(=O)c1nc(-c2ccc(C)nc2F)c(F)c(N)c1Cl. The minimum Gasteiger partial charge on any atom is -0.461 e. The average molecular weight is 328 g/mol. The van der Waals surface area contributed by atoms with E-state index in [4.69, 9.17) is 22.1 Å². The van der Waals surface area contributed by atoms with E-state index in [1.807, 2.05) is 0 Å². The van der Waals surface area contributed by atoms with Gasteiger partial charge < -0.3 is 10.5 Å². The van der Waals surface area contributed by atoms with E-state index in [0.717, 1.165) is 0 Å². The second kappa shape index (κ2) is 6.23. The van der Waals surface area contributed by atoms with Crippen LogP contribution in [-0.2, 0) is 4.74 Å². The molecule has 2 aromatic rings. The van der Waals surface area contributed by atoms with Gasteiger partial charge in [-0.2, -0.15) is 4.39 Å². The molecule has 0 saturated carbocycles. The number of carbonyl (C=O) groups is 1. The molecular weight excluding hydrogens is 316 g/mol. The van der Waals surface area contributed by atoms with Crippen molar-refractivity contribution in [2.45, 2.75) is 13.8 Å². The zero-order valence-electron chi connectivity index (χ0n) is 11.8. The number of nitrogens with two attached hydrogens (primary N) is 1. The number of ether oxygens (including phenoxy) is 1. The first-order chi connectivity index (χ1) is 10.4. The first kappa shape index (κ1) is 16.1. The number of carbonyl (C=O) groups excluding carboxylic acids is 1. The van der Waals surface area contributed by atoms with Crippen LogP contribution in [0.1, 0.15) is 23.1 Å². The Balaban J connectivity index is 2.68. The Hall–Kier alpha value is -2.28. The number of aryl methyl sites for hydroxylation is 1. The number of nitrogens with zero attached hydrogens (tertiary/aromatic N) is 2. The first-order valence-electron chi connectivity index (χ1n) is 6.31. The monoisotopic (exact) mass is 327 g/mol. The van der Waals surface area contributed by atoms with Gasteiger partial charge in [-0.05, 0) is 26.0 Å². The highest BCUT2D eigenvalue weighted by atomic mass is 35.5. The molecule has 0 amide bonds. The minimum atomic E-state index is -1.03. The predicted molar refractivity (Wildman–Crippen MR) is 77.5 cm³/mol. The molecule has 0 bridgehead atoms. The summed E-state index contributed by atoms with van der Waals surface area (Å²) in [4.78, 5) is 19.2. The highest BCUT2D eigenvalue weighted by Gasteiger charge is 2.24. The molecule has 8 heteroatoms. The number of nitrogen functional groups attached to an aromatic ring is 1. The van der Waals surface area contributed by atoms with Gasteiger partial charge in [0.1, 0.15) is 5.69 Å². The van der Waals surface area contributed by atoms with Gasteiger partial charge in [-0.3, -0.25) is 0 Å². The first-order valence-corrected chi connectivity index (χ1v) is 6.69. The van der Waals surface area contributed by atoms with Gasteiger partial charge in [-0.1, -0.05) is 11.6 Å². The second-order valence-corrected chi connectivity index (χ2v) is 4.74. The number of hydrogen-bond acceptors (Lipinski definition) is 5. The summed E-state index contributed by atoms with van der Waals surface area (Å²) in [5, 5.41) is -0.375. The Bertz CT molecular complexity index is 753. The van der Waals surface area contributed by atoms with Crippen LogP contribution in [0.15, 0.2) is 12.1 Å². The zero-order valence-corrected chi connectivity index (χ0v) is 12.5. The molecule has 2 heterocycles. The molecule has 0 aliphatic heterocycles. The Kier molecular flexibility index (Phi) is 4.56. The fourth-order valence-electron chi connectivity index (χ4n) is 1.78. The van der Waals surface area contributed by atoms with Crippen LogP contribution in [0.5, 0.6) is 0 Å². The molecule has 22 heavy (non-hydrogen) atoms. The van der Waals surface area contributed by atoms with Crippen LogP contribution in [0, 0.1) is 18.7 Å². The van der Waals surface area contributed by atoms with Crippen molar-refractivity contribution in [3.8, 4) is 11.3 Å². The molecule has 0 aliphatic rings. The standard InChI is InChI=1S/C14H12ClF2N3O2/c1-3-22-14(21)12-8(15)10(18)9(16)11(20-12)7-5-4-6(2)19-13(7)17/h4-5H,3H2,1-2H3,(H2,18,20). The fourth-order valence-corrected chi connectivity index (χ4v) is 1.98. The van der Waals surface area contributed by atoms with Crippen molar-refractivity contribution in [2.24, 2.45) is 0 Å². The van der Waals surface area contributed by atoms with Gasteiger partial charge in [-0.25, -0.2) is 19.2 Å². The van der Waals surface area contributed by atoms with Crippen LogP contribution in [0.3, 0.4) is 0 Å². The molecule has 0 saturated heterocycles. The van der Waals surface area contributed by atoms with Crippen LogP contribution in [0.2, 0.25) is 5.02 Å². The highest BCUT2D eigenvalue weighted by molar-refractivity contribution is 6.35. The van der Waals surface area contributed by atoms with Crippen molar-refractivity contribution < 1.29 is 18.3 Å². The fraction of sp³-hybridized carbons (Fsp3) is 0.214. The number of esters is 1. The van der Waals surface area contributed by atoms with Crippen LogP contribution in [-0.4, -0.2) is 22.5 Å². The van der Waals surface area contributed by atoms with Gasteiger partial charge in [0.2, 0.25) is 5.95 Å². The summed E-state index contributed by atoms with van der Waals surface area (Å²) < 4.78 is 32.9. The van der Waals surface area contributed by atoms with Gasteiger partial charge in [0, 0.05) is 5.69 Å².